The number of hydrogen-bond acceptors (Lipinski definition) is 2. The van der Waals surface area contributed by atoms with Gasteiger partial charge in [0.2, 0.25) is 0 Å². The van der Waals surface area contributed by atoms with Crippen molar-refractivity contribution in [1.82, 2.24) is 0 Å². The molecule has 0 fully saturated rings. The number of halogens is 1. The summed E-state index contributed by atoms with van der Waals surface area (Å²) in [5.74, 6) is 1.90. The first-order chi connectivity index (χ1) is 8.43. The van der Waals surface area contributed by atoms with Crippen LogP contribution in [0.5, 0.6) is 5.75 Å². The summed E-state index contributed by atoms with van der Waals surface area (Å²) >= 11 is 3.66. The highest BCUT2D eigenvalue weighted by atomic mass is 79.9. The van der Waals surface area contributed by atoms with E-state index in [0.717, 1.165) is 16.6 Å². The van der Waals surface area contributed by atoms with E-state index in [4.69, 9.17) is 10.5 Å². The highest BCUT2D eigenvalue weighted by Gasteiger charge is 2.21. The number of rotatable bonds is 5. The zero-order valence-electron chi connectivity index (χ0n) is 12.0. The maximum Gasteiger partial charge on any atom is 0.126 e. The SMILES string of the molecule is COc1c(C(C)C)cc(Br)c(C)c1C(C)CCN. The van der Waals surface area contributed by atoms with Gasteiger partial charge in [-0.2, -0.15) is 0 Å². The Labute approximate surface area is 119 Å². The van der Waals surface area contributed by atoms with Crippen LogP contribution >= 0.6 is 15.9 Å². The van der Waals surface area contributed by atoms with Crippen molar-refractivity contribution in [3.05, 3.63) is 27.2 Å². The molecule has 2 N–H and O–H groups in total. The van der Waals surface area contributed by atoms with Gasteiger partial charge in [0.1, 0.15) is 5.75 Å². The highest BCUT2D eigenvalue weighted by Crippen LogP contribution is 2.41. The van der Waals surface area contributed by atoms with E-state index in [9.17, 15) is 0 Å². The number of hydrogen-bond donors (Lipinski definition) is 1. The number of nitrogens with two attached hydrogens (primary N) is 1. The van der Waals surface area contributed by atoms with Crippen LogP contribution in [-0.4, -0.2) is 13.7 Å². The number of benzene rings is 1. The molecule has 1 aromatic rings. The third-order valence-corrected chi connectivity index (χ3v) is 4.29. The van der Waals surface area contributed by atoms with Gasteiger partial charge in [-0.05, 0) is 48.9 Å². The molecule has 0 spiro atoms. The minimum absolute atomic E-state index is 0.417. The summed E-state index contributed by atoms with van der Waals surface area (Å²) in [4.78, 5) is 0. The van der Waals surface area contributed by atoms with Crippen LogP contribution in [0, 0.1) is 6.92 Å². The monoisotopic (exact) mass is 313 g/mol. The van der Waals surface area contributed by atoms with Gasteiger partial charge in [0.15, 0.2) is 0 Å². The Morgan fingerprint density at radius 1 is 1.33 bits per heavy atom. The molecule has 0 bridgehead atoms. The molecule has 0 aliphatic rings. The van der Waals surface area contributed by atoms with E-state index in [-0.39, 0.29) is 0 Å². The van der Waals surface area contributed by atoms with E-state index in [1.807, 2.05) is 0 Å². The molecule has 1 atom stereocenters. The van der Waals surface area contributed by atoms with Crippen molar-refractivity contribution in [1.29, 1.82) is 0 Å². The Morgan fingerprint density at radius 2 is 1.94 bits per heavy atom. The molecule has 0 saturated heterocycles. The van der Waals surface area contributed by atoms with Crippen LogP contribution in [-0.2, 0) is 0 Å². The summed E-state index contributed by atoms with van der Waals surface area (Å²) in [7, 11) is 1.76. The fourth-order valence-electron chi connectivity index (χ4n) is 2.41. The Bertz CT molecular complexity index is 415. The van der Waals surface area contributed by atoms with Gasteiger partial charge in [0, 0.05) is 10.0 Å². The molecule has 102 valence electrons. The molecule has 0 aliphatic heterocycles. The van der Waals surface area contributed by atoms with Gasteiger partial charge in [-0.1, -0.05) is 36.7 Å². The zero-order valence-corrected chi connectivity index (χ0v) is 13.6. The Kier molecular flexibility index (Phi) is 5.67. The largest absolute Gasteiger partial charge is 0.496 e. The summed E-state index contributed by atoms with van der Waals surface area (Å²) in [6, 6.07) is 2.18. The maximum absolute atomic E-state index is 5.69. The van der Waals surface area contributed by atoms with Gasteiger partial charge in [0.25, 0.3) is 0 Å². The lowest BCUT2D eigenvalue weighted by Gasteiger charge is -2.23. The second-order valence-electron chi connectivity index (χ2n) is 5.15. The summed E-state index contributed by atoms with van der Waals surface area (Å²) in [5.41, 5.74) is 9.50. The van der Waals surface area contributed by atoms with Crippen LogP contribution < -0.4 is 10.5 Å². The molecular weight excluding hydrogens is 290 g/mol. The fraction of sp³-hybridized carbons (Fsp3) is 0.600. The van der Waals surface area contributed by atoms with Gasteiger partial charge in [0.05, 0.1) is 7.11 Å². The average molecular weight is 314 g/mol. The molecular formula is C15H24BrNO. The van der Waals surface area contributed by atoms with E-state index < -0.39 is 0 Å². The lowest BCUT2D eigenvalue weighted by atomic mass is 9.88. The van der Waals surface area contributed by atoms with Gasteiger partial charge in [-0.25, -0.2) is 0 Å². The van der Waals surface area contributed by atoms with Crippen LogP contribution in [0.2, 0.25) is 0 Å². The number of ether oxygens (including phenoxy) is 1. The summed E-state index contributed by atoms with van der Waals surface area (Å²) in [6.07, 6.45) is 0.977. The third kappa shape index (κ3) is 3.07. The van der Waals surface area contributed by atoms with Gasteiger partial charge in [-0.3, -0.25) is 0 Å². The molecule has 1 rings (SSSR count). The van der Waals surface area contributed by atoms with Gasteiger partial charge >= 0.3 is 0 Å². The van der Waals surface area contributed by atoms with Crippen LogP contribution in [0.1, 0.15) is 55.7 Å². The lowest BCUT2D eigenvalue weighted by molar-refractivity contribution is 0.397. The Morgan fingerprint density at radius 3 is 2.39 bits per heavy atom. The fourth-order valence-corrected chi connectivity index (χ4v) is 2.87. The molecule has 18 heavy (non-hydrogen) atoms. The average Bonchev–Trinajstić information content (AvgIpc) is 2.31. The molecule has 1 unspecified atom stereocenters. The Hall–Kier alpha value is -0.540. The predicted octanol–water partition coefficient (Wildman–Crippen LogP) is 4.34. The smallest absolute Gasteiger partial charge is 0.126 e. The predicted molar refractivity (Wildman–Crippen MR) is 81.6 cm³/mol. The Balaban J connectivity index is 3.45. The third-order valence-electron chi connectivity index (χ3n) is 3.47. The van der Waals surface area contributed by atoms with Crippen molar-refractivity contribution >= 4 is 15.9 Å². The van der Waals surface area contributed by atoms with Crippen LogP contribution in [0.4, 0.5) is 0 Å². The summed E-state index contributed by atoms with van der Waals surface area (Å²) in [6.45, 7) is 9.44. The van der Waals surface area contributed by atoms with Crippen molar-refractivity contribution in [2.75, 3.05) is 13.7 Å². The molecule has 0 aromatic heterocycles. The molecule has 0 saturated carbocycles. The van der Waals surface area contributed by atoms with E-state index in [1.54, 1.807) is 7.11 Å². The molecule has 1 aromatic carbocycles. The van der Waals surface area contributed by atoms with Crippen LogP contribution in [0.3, 0.4) is 0 Å². The summed E-state index contributed by atoms with van der Waals surface area (Å²) in [5, 5.41) is 0. The standard InChI is InChI=1S/C15H24BrNO/c1-9(2)12-8-13(16)11(4)14(15(12)18-5)10(3)6-7-17/h8-10H,6-7,17H2,1-5H3. The maximum atomic E-state index is 5.69. The zero-order chi connectivity index (χ0) is 13.9. The van der Waals surface area contributed by atoms with Crippen molar-refractivity contribution in [3.63, 3.8) is 0 Å². The van der Waals surface area contributed by atoms with E-state index in [2.05, 4.69) is 49.7 Å². The van der Waals surface area contributed by atoms with E-state index in [1.165, 1.54) is 16.7 Å². The number of methoxy groups -OCH3 is 1. The first kappa shape index (κ1) is 15.5. The quantitative estimate of drug-likeness (QED) is 0.877. The van der Waals surface area contributed by atoms with Gasteiger partial charge < -0.3 is 10.5 Å². The van der Waals surface area contributed by atoms with Crippen LogP contribution in [0.15, 0.2) is 10.5 Å². The molecule has 0 amide bonds. The van der Waals surface area contributed by atoms with Gasteiger partial charge in [-0.15, -0.1) is 0 Å². The van der Waals surface area contributed by atoms with E-state index in [0.29, 0.717) is 18.4 Å². The molecule has 0 radical (unpaired) electrons. The first-order valence-corrected chi connectivity index (χ1v) is 7.30. The van der Waals surface area contributed by atoms with Crippen molar-refractivity contribution in [2.45, 2.75) is 46.0 Å². The van der Waals surface area contributed by atoms with E-state index >= 15 is 0 Å². The minimum atomic E-state index is 0.417. The molecule has 0 heterocycles. The normalized spacial score (nSPS) is 12.9. The molecule has 0 aliphatic carbocycles. The second-order valence-corrected chi connectivity index (χ2v) is 6.01. The van der Waals surface area contributed by atoms with Crippen molar-refractivity contribution in [3.8, 4) is 5.75 Å². The van der Waals surface area contributed by atoms with Crippen LogP contribution in [0.25, 0.3) is 0 Å². The van der Waals surface area contributed by atoms with Crippen molar-refractivity contribution in [2.24, 2.45) is 5.73 Å². The molecule has 2 nitrogen and oxygen atoms in total. The minimum Gasteiger partial charge on any atom is -0.496 e. The van der Waals surface area contributed by atoms with Crippen molar-refractivity contribution < 1.29 is 4.74 Å². The molecule has 3 heteroatoms. The summed E-state index contributed by atoms with van der Waals surface area (Å²) < 4.78 is 6.84. The second kappa shape index (κ2) is 6.58. The lowest BCUT2D eigenvalue weighted by Crippen LogP contribution is -2.09. The highest BCUT2D eigenvalue weighted by molar-refractivity contribution is 9.10. The first-order valence-electron chi connectivity index (χ1n) is 6.50. The topological polar surface area (TPSA) is 35.2 Å².